The molecule has 121 valence electrons. The van der Waals surface area contributed by atoms with E-state index in [0.717, 1.165) is 54.0 Å². The van der Waals surface area contributed by atoms with Gasteiger partial charge in [0.25, 0.3) is 0 Å². The Balaban J connectivity index is 1.81. The monoisotopic (exact) mass is 318 g/mol. The van der Waals surface area contributed by atoms with Gasteiger partial charge in [-0.1, -0.05) is 24.3 Å². The van der Waals surface area contributed by atoms with Gasteiger partial charge in [-0.2, -0.15) is 0 Å². The Morgan fingerprint density at radius 3 is 2.79 bits per heavy atom. The van der Waals surface area contributed by atoms with Gasteiger partial charge in [-0.05, 0) is 47.9 Å². The van der Waals surface area contributed by atoms with E-state index in [0.29, 0.717) is 5.82 Å². The third kappa shape index (κ3) is 2.69. The van der Waals surface area contributed by atoms with E-state index in [1.54, 1.807) is 0 Å². The van der Waals surface area contributed by atoms with Crippen LogP contribution in [0.25, 0.3) is 22.0 Å². The summed E-state index contributed by atoms with van der Waals surface area (Å²) in [5, 5.41) is 1.10. The molecule has 0 bridgehead atoms. The minimum atomic E-state index is 0.583. The van der Waals surface area contributed by atoms with Crippen LogP contribution in [0, 0.1) is 13.0 Å². The number of anilines is 2. The number of nitrogen functional groups attached to an aromatic ring is 1. The van der Waals surface area contributed by atoms with E-state index in [-0.39, 0.29) is 0 Å². The molecule has 3 aromatic rings. The Kier molecular flexibility index (Phi) is 3.82. The lowest BCUT2D eigenvalue weighted by Gasteiger charge is -2.29. The highest BCUT2D eigenvalue weighted by Crippen LogP contribution is 2.31. The second kappa shape index (κ2) is 6.13. The van der Waals surface area contributed by atoms with Crippen molar-refractivity contribution >= 4 is 22.4 Å². The highest BCUT2D eigenvalue weighted by molar-refractivity contribution is 5.90. The highest BCUT2D eigenvalue weighted by atomic mass is 16.5. The number of benzene rings is 2. The van der Waals surface area contributed by atoms with Gasteiger partial charge in [0.1, 0.15) is 5.82 Å². The van der Waals surface area contributed by atoms with E-state index in [2.05, 4.69) is 47.1 Å². The van der Waals surface area contributed by atoms with Crippen LogP contribution in [0.4, 0.5) is 11.5 Å². The van der Waals surface area contributed by atoms with E-state index in [1.165, 1.54) is 5.56 Å². The van der Waals surface area contributed by atoms with E-state index in [1.807, 2.05) is 18.2 Å². The fourth-order valence-corrected chi connectivity index (χ4v) is 3.23. The summed E-state index contributed by atoms with van der Waals surface area (Å²) in [6, 6.07) is 17.8. The smallest absolute Gasteiger partial charge is 0.147 e. The second-order valence-electron chi connectivity index (χ2n) is 6.13. The Bertz CT molecular complexity index is 885. The first-order valence-corrected chi connectivity index (χ1v) is 8.23. The van der Waals surface area contributed by atoms with Gasteiger partial charge in [-0.25, -0.2) is 4.98 Å². The summed E-state index contributed by atoms with van der Waals surface area (Å²) in [6.45, 7) is 5.27. The zero-order chi connectivity index (χ0) is 16.5. The maximum absolute atomic E-state index is 6.19. The summed E-state index contributed by atoms with van der Waals surface area (Å²) in [5.74, 6) is 0.583. The number of hydrogen-bond acceptors (Lipinski definition) is 4. The van der Waals surface area contributed by atoms with Gasteiger partial charge in [-0.15, -0.1) is 0 Å². The minimum Gasteiger partial charge on any atom is -0.382 e. The molecule has 0 unspecified atom stereocenters. The van der Waals surface area contributed by atoms with Crippen LogP contribution in [0.5, 0.6) is 0 Å². The molecule has 24 heavy (non-hydrogen) atoms. The molecule has 0 amide bonds. The summed E-state index contributed by atoms with van der Waals surface area (Å²) in [5.41, 5.74) is 11.6. The van der Waals surface area contributed by atoms with Gasteiger partial charge in [0.05, 0.1) is 24.4 Å². The van der Waals surface area contributed by atoms with Gasteiger partial charge in [-0.3, -0.25) is 0 Å². The fourth-order valence-electron chi connectivity index (χ4n) is 3.23. The molecule has 0 atom stereocenters. The van der Waals surface area contributed by atoms with Crippen LogP contribution >= 0.6 is 0 Å². The zero-order valence-electron chi connectivity index (χ0n) is 13.7. The minimum absolute atomic E-state index is 0.583. The largest absolute Gasteiger partial charge is 0.382 e. The Hall–Kier alpha value is -2.59. The van der Waals surface area contributed by atoms with Crippen LogP contribution in [0.3, 0.4) is 0 Å². The number of nitrogens with two attached hydrogens (primary N) is 1. The van der Waals surface area contributed by atoms with Crippen molar-refractivity contribution in [1.82, 2.24) is 4.98 Å². The molecule has 1 saturated heterocycles. The van der Waals surface area contributed by atoms with E-state index in [9.17, 15) is 0 Å². The van der Waals surface area contributed by atoms with Crippen LogP contribution < -0.4 is 10.6 Å². The lowest BCUT2D eigenvalue weighted by Crippen LogP contribution is -2.36. The van der Waals surface area contributed by atoms with Crippen LogP contribution in [-0.4, -0.2) is 31.3 Å². The van der Waals surface area contributed by atoms with Crippen molar-refractivity contribution in [2.45, 2.75) is 6.92 Å². The third-order valence-electron chi connectivity index (χ3n) is 4.53. The summed E-state index contributed by atoms with van der Waals surface area (Å²) < 4.78 is 5.43. The number of ether oxygens (including phenoxy) is 1. The molecule has 0 saturated carbocycles. The number of pyridine rings is 1. The zero-order valence-corrected chi connectivity index (χ0v) is 13.7. The second-order valence-corrected chi connectivity index (χ2v) is 6.13. The fraction of sp³-hybridized carbons (Fsp3) is 0.250. The van der Waals surface area contributed by atoms with Crippen molar-refractivity contribution < 1.29 is 4.74 Å². The molecular weight excluding hydrogens is 298 g/mol. The van der Waals surface area contributed by atoms with E-state index >= 15 is 0 Å². The molecule has 2 aromatic carbocycles. The molecule has 0 spiro atoms. The predicted molar refractivity (Wildman–Crippen MR) is 98.2 cm³/mol. The van der Waals surface area contributed by atoms with Gasteiger partial charge in [0.15, 0.2) is 0 Å². The topological polar surface area (TPSA) is 51.4 Å². The number of rotatable bonds is 2. The van der Waals surface area contributed by atoms with Gasteiger partial charge >= 0.3 is 0 Å². The molecule has 0 aliphatic carbocycles. The molecule has 1 radical (unpaired) electrons. The predicted octanol–water partition coefficient (Wildman–Crippen LogP) is 3.43. The number of aryl methyl sites for hydroxylation is 1. The Morgan fingerprint density at radius 1 is 1.17 bits per heavy atom. The summed E-state index contributed by atoms with van der Waals surface area (Å²) in [7, 11) is 0. The maximum Gasteiger partial charge on any atom is 0.147 e. The van der Waals surface area contributed by atoms with Crippen molar-refractivity contribution in [3.05, 3.63) is 54.1 Å². The quantitative estimate of drug-likeness (QED) is 0.786. The summed E-state index contributed by atoms with van der Waals surface area (Å²) in [6.07, 6.45) is 0. The van der Waals surface area contributed by atoms with Crippen molar-refractivity contribution in [2.75, 3.05) is 36.9 Å². The van der Waals surface area contributed by atoms with Crippen molar-refractivity contribution in [3.8, 4) is 11.1 Å². The van der Waals surface area contributed by atoms with Gasteiger partial charge in [0, 0.05) is 18.5 Å². The normalized spacial score (nSPS) is 15.0. The first-order valence-electron chi connectivity index (χ1n) is 8.23. The average Bonchev–Trinajstić information content (AvgIpc) is 2.62. The van der Waals surface area contributed by atoms with Crippen molar-refractivity contribution in [2.24, 2.45) is 0 Å². The molecular formula is C20H20N3O. The highest BCUT2D eigenvalue weighted by Gasteiger charge is 2.15. The number of aromatic nitrogens is 1. The molecule has 2 heterocycles. The SMILES string of the molecule is Cc1ccc[c]c1-c1ccc2nc(N)c(N3CCOCC3)cc2c1. The molecule has 1 fully saturated rings. The number of fused-ring (bicyclic) bond motifs is 1. The molecule has 1 aromatic heterocycles. The summed E-state index contributed by atoms with van der Waals surface area (Å²) in [4.78, 5) is 6.84. The van der Waals surface area contributed by atoms with Gasteiger partial charge < -0.3 is 15.4 Å². The molecule has 4 rings (SSSR count). The molecule has 4 nitrogen and oxygen atoms in total. The number of morpholine rings is 1. The third-order valence-corrected chi connectivity index (χ3v) is 4.53. The number of nitrogens with zero attached hydrogens (tertiary/aromatic N) is 2. The molecule has 1 aliphatic heterocycles. The lowest BCUT2D eigenvalue weighted by molar-refractivity contribution is 0.123. The van der Waals surface area contributed by atoms with E-state index < -0.39 is 0 Å². The molecule has 1 aliphatic rings. The van der Waals surface area contributed by atoms with Crippen LogP contribution in [0.15, 0.2) is 42.5 Å². The first kappa shape index (κ1) is 15.0. The summed E-state index contributed by atoms with van der Waals surface area (Å²) >= 11 is 0. The average molecular weight is 318 g/mol. The standard InChI is InChI=1S/C20H20N3O/c1-14-4-2-3-5-17(14)15-6-7-18-16(12-15)13-19(20(21)22-18)23-8-10-24-11-9-23/h2-4,6-7,12-13H,8-11H2,1H3,(H2,21,22). The Labute approximate surface area is 141 Å². The molecule has 4 heteroatoms. The maximum atomic E-state index is 6.19. The molecule has 2 N–H and O–H groups in total. The Morgan fingerprint density at radius 2 is 2.00 bits per heavy atom. The van der Waals surface area contributed by atoms with E-state index in [4.69, 9.17) is 10.5 Å². The number of hydrogen-bond donors (Lipinski definition) is 1. The first-order chi connectivity index (χ1) is 11.7. The van der Waals surface area contributed by atoms with Crippen LogP contribution in [0.2, 0.25) is 0 Å². The van der Waals surface area contributed by atoms with Gasteiger partial charge in [0.2, 0.25) is 0 Å². The van der Waals surface area contributed by atoms with Crippen LogP contribution in [0.1, 0.15) is 5.56 Å². The van der Waals surface area contributed by atoms with Crippen molar-refractivity contribution in [1.29, 1.82) is 0 Å². The van der Waals surface area contributed by atoms with Crippen LogP contribution in [-0.2, 0) is 4.74 Å². The van der Waals surface area contributed by atoms with Crippen molar-refractivity contribution in [3.63, 3.8) is 0 Å². The lowest BCUT2D eigenvalue weighted by atomic mass is 9.99.